The Kier molecular flexibility index (Phi) is 5.36. The summed E-state index contributed by atoms with van der Waals surface area (Å²) in [6.45, 7) is 2.64. The highest BCUT2D eigenvalue weighted by molar-refractivity contribution is 5.79. The number of hydrogen-bond donors (Lipinski definition) is 2. The summed E-state index contributed by atoms with van der Waals surface area (Å²) in [6.07, 6.45) is 6.28. The molecule has 1 aromatic heterocycles. The molecule has 1 heterocycles. The number of hydrogen-bond acceptors (Lipinski definition) is 3. The lowest BCUT2D eigenvalue weighted by molar-refractivity contribution is -0.131. The van der Waals surface area contributed by atoms with Gasteiger partial charge in [-0.25, -0.2) is 4.79 Å². The van der Waals surface area contributed by atoms with Crippen LogP contribution in [0.1, 0.15) is 19.1 Å². The first-order chi connectivity index (χ1) is 7.68. The summed E-state index contributed by atoms with van der Waals surface area (Å²) in [4.78, 5) is 10.2. The summed E-state index contributed by atoms with van der Waals surface area (Å²) in [7, 11) is 0. The summed E-state index contributed by atoms with van der Waals surface area (Å²) < 4.78 is 5.22. The van der Waals surface area contributed by atoms with Gasteiger partial charge in [-0.1, -0.05) is 6.08 Å². The van der Waals surface area contributed by atoms with Gasteiger partial charge in [0, 0.05) is 25.1 Å². The molecule has 1 rings (SSSR count). The minimum Gasteiger partial charge on any atom is -0.478 e. The van der Waals surface area contributed by atoms with E-state index in [9.17, 15) is 4.79 Å². The third kappa shape index (κ3) is 5.36. The zero-order valence-corrected chi connectivity index (χ0v) is 9.35. The van der Waals surface area contributed by atoms with Crippen molar-refractivity contribution in [2.75, 3.05) is 6.54 Å². The minimum atomic E-state index is -0.912. The van der Waals surface area contributed by atoms with Crippen LogP contribution in [0.3, 0.4) is 0 Å². The average molecular weight is 223 g/mol. The number of carboxylic acids is 1. The molecule has 16 heavy (non-hydrogen) atoms. The van der Waals surface area contributed by atoms with E-state index in [0.717, 1.165) is 24.7 Å². The number of furan rings is 1. The summed E-state index contributed by atoms with van der Waals surface area (Å²) in [5.41, 5.74) is 0. The van der Waals surface area contributed by atoms with Crippen LogP contribution in [0, 0.1) is 0 Å². The van der Waals surface area contributed by atoms with E-state index in [2.05, 4.69) is 12.2 Å². The van der Waals surface area contributed by atoms with E-state index < -0.39 is 5.97 Å². The highest BCUT2D eigenvalue weighted by atomic mass is 16.4. The Morgan fingerprint density at radius 1 is 1.69 bits per heavy atom. The predicted molar refractivity (Wildman–Crippen MR) is 61.3 cm³/mol. The van der Waals surface area contributed by atoms with E-state index >= 15 is 0 Å². The van der Waals surface area contributed by atoms with Crippen LogP contribution in [0.4, 0.5) is 0 Å². The van der Waals surface area contributed by atoms with E-state index in [1.54, 1.807) is 12.3 Å². The number of aryl methyl sites for hydroxylation is 1. The van der Waals surface area contributed by atoms with Gasteiger partial charge in [-0.3, -0.25) is 0 Å². The Morgan fingerprint density at radius 2 is 2.50 bits per heavy atom. The zero-order valence-electron chi connectivity index (χ0n) is 9.35. The van der Waals surface area contributed by atoms with Gasteiger partial charge in [0.2, 0.25) is 0 Å². The Bertz CT molecular complexity index is 330. The van der Waals surface area contributed by atoms with Gasteiger partial charge in [0.05, 0.1) is 6.26 Å². The molecule has 4 heteroatoms. The van der Waals surface area contributed by atoms with Gasteiger partial charge in [-0.05, 0) is 25.5 Å². The van der Waals surface area contributed by atoms with E-state index in [1.165, 1.54) is 0 Å². The molecule has 0 spiro atoms. The topological polar surface area (TPSA) is 62.5 Å². The van der Waals surface area contributed by atoms with Gasteiger partial charge in [0.25, 0.3) is 0 Å². The molecule has 1 unspecified atom stereocenters. The number of carbonyl (C=O) groups is 1. The van der Waals surface area contributed by atoms with Crippen LogP contribution in [0.2, 0.25) is 0 Å². The molecular formula is C12H17NO3. The van der Waals surface area contributed by atoms with Gasteiger partial charge in [-0.15, -0.1) is 0 Å². The van der Waals surface area contributed by atoms with Crippen molar-refractivity contribution in [3.63, 3.8) is 0 Å². The lowest BCUT2D eigenvalue weighted by Crippen LogP contribution is -2.26. The van der Waals surface area contributed by atoms with Crippen LogP contribution in [0.25, 0.3) is 0 Å². The fourth-order valence-electron chi connectivity index (χ4n) is 1.34. The number of aliphatic carboxylic acids is 1. The summed E-state index contributed by atoms with van der Waals surface area (Å²) >= 11 is 0. The largest absolute Gasteiger partial charge is 0.478 e. The molecule has 0 radical (unpaired) electrons. The van der Waals surface area contributed by atoms with Crippen LogP contribution < -0.4 is 5.32 Å². The Hall–Kier alpha value is -1.55. The Balaban J connectivity index is 2.11. The summed E-state index contributed by atoms with van der Waals surface area (Å²) in [5.74, 6) is 0.0692. The maximum absolute atomic E-state index is 10.2. The SMILES string of the molecule is CC(CCc1ccco1)NC/C=C/C(=O)O. The van der Waals surface area contributed by atoms with Crippen LogP contribution in [-0.4, -0.2) is 23.7 Å². The first-order valence-corrected chi connectivity index (χ1v) is 5.33. The third-order valence-corrected chi connectivity index (χ3v) is 2.25. The number of carboxylic acid groups (broad SMARTS) is 1. The molecule has 0 bridgehead atoms. The van der Waals surface area contributed by atoms with Crippen molar-refractivity contribution >= 4 is 5.97 Å². The second-order valence-corrected chi connectivity index (χ2v) is 3.67. The standard InChI is InChI=1S/C12H17NO3/c1-10(13-8-2-5-12(14)15)6-7-11-4-3-9-16-11/h2-5,9-10,13H,6-8H2,1H3,(H,14,15)/b5-2+. The maximum atomic E-state index is 10.2. The molecule has 0 aliphatic rings. The van der Waals surface area contributed by atoms with Gasteiger partial charge in [-0.2, -0.15) is 0 Å². The second-order valence-electron chi connectivity index (χ2n) is 3.67. The van der Waals surface area contributed by atoms with Gasteiger partial charge >= 0.3 is 5.97 Å². The van der Waals surface area contributed by atoms with Crippen LogP contribution in [0.5, 0.6) is 0 Å². The number of nitrogens with one attached hydrogen (secondary N) is 1. The van der Waals surface area contributed by atoms with Crippen molar-refractivity contribution in [1.82, 2.24) is 5.32 Å². The molecule has 0 fully saturated rings. The Morgan fingerprint density at radius 3 is 3.12 bits per heavy atom. The van der Waals surface area contributed by atoms with E-state index in [1.807, 2.05) is 12.1 Å². The molecule has 0 aromatic carbocycles. The second kappa shape index (κ2) is 6.85. The van der Waals surface area contributed by atoms with Crippen molar-refractivity contribution in [2.45, 2.75) is 25.8 Å². The van der Waals surface area contributed by atoms with Crippen molar-refractivity contribution in [2.24, 2.45) is 0 Å². The first-order valence-electron chi connectivity index (χ1n) is 5.33. The predicted octanol–water partition coefficient (Wildman–Crippen LogP) is 1.83. The molecule has 1 atom stereocenters. The molecule has 0 amide bonds. The van der Waals surface area contributed by atoms with E-state index in [4.69, 9.17) is 9.52 Å². The highest BCUT2D eigenvalue weighted by Crippen LogP contribution is 2.05. The first kappa shape index (κ1) is 12.5. The number of rotatable bonds is 7. The van der Waals surface area contributed by atoms with Crippen LogP contribution in [-0.2, 0) is 11.2 Å². The molecular weight excluding hydrogens is 206 g/mol. The fraction of sp³-hybridized carbons (Fsp3) is 0.417. The smallest absolute Gasteiger partial charge is 0.328 e. The fourth-order valence-corrected chi connectivity index (χ4v) is 1.34. The molecule has 0 saturated heterocycles. The van der Waals surface area contributed by atoms with E-state index in [-0.39, 0.29) is 0 Å². The highest BCUT2D eigenvalue weighted by Gasteiger charge is 2.02. The maximum Gasteiger partial charge on any atom is 0.328 e. The van der Waals surface area contributed by atoms with Gasteiger partial charge in [0.15, 0.2) is 0 Å². The van der Waals surface area contributed by atoms with Crippen molar-refractivity contribution in [1.29, 1.82) is 0 Å². The Labute approximate surface area is 95.0 Å². The lowest BCUT2D eigenvalue weighted by Gasteiger charge is -2.10. The van der Waals surface area contributed by atoms with Gasteiger partial charge in [0.1, 0.15) is 5.76 Å². The molecule has 0 aliphatic heterocycles. The quantitative estimate of drug-likeness (QED) is 0.692. The lowest BCUT2D eigenvalue weighted by atomic mass is 10.1. The monoisotopic (exact) mass is 223 g/mol. The zero-order chi connectivity index (χ0) is 11.8. The van der Waals surface area contributed by atoms with E-state index in [0.29, 0.717) is 12.6 Å². The van der Waals surface area contributed by atoms with Crippen molar-refractivity contribution < 1.29 is 14.3 Å². The minimum absolute atomic E-state index is 0.337. The normalized spacial score (nSPS) is 13.1. The molecule has 4 nitrogen and oxygen atoms in total. The third-order valence-electron chi connectivity index (χ3n) is 2.25. The molecule has 88 valence electrons. The van der Waals surface area contributed by atoms with Crippen molar-refractivity contribution in [3.05, 3.63) is 36.3 Å². The molecule has 0 saturated carbocycles. The van der Waals surface area contributed by atoms with Crippen molar-refractivity contribution in [3.8, 4) is 0 Å². The molecule has 0 aliphatic carbocycles. The molecule has 1 aromatic rings. The van der Waals surface area contributed by atoms with Crippen LogP contribution in [0.15, 0.2) is 35.0 Å². The average Bonchev–Trinajstić information content (AvgIpc) is 2.74. The summed E-state index contributed by atoms with van der Waals surface area (Å²) in [5, 5.41) is 11.6. The molecule has 2 N–H and O–H groups in total. The van der Waals surface area contributed by atoms with Crippen LogP contribution >= 0.6 is 0 Å². The summed E-state index contributed by atoms with van der Waals surface area (Å²) in [6, 6.07) is 4.17. The van der Waals surface area contributed by atoms with Gasteiger partial charge < -0.3 is 14.8 Å².